The van der Waals surface area contributed by atoms with Crippen molar-refractivity contribution in [1.29, 1.82) is 0 Å². The third-order valence-electron chi connectivity index (χ3n) is 3.45. The van der Waals surface area contributed by atoms with Crippen LogP contribution in [0.15, 0.2) is 0 Å². The fraction of sp³-hybridized carbons (Fsp3) is 0.812. The van der Waals surface area contributed by atoms with Gasteiger partial charge in [-0.25, -0.2) is 4.79 Å². The molecule has 0 bridgehead atoms. The molecule has 0 aromatic carbocycles. The smallest absolute Gasteiger partial charge is 0.326 e. The molecule has 0 spiro atoms. The summed E-state index contributed by atoms with van der Waals surface area (Å²) in [5.41, 5.74) is 0. The summed E-state index contributed by atoms with van der Waals surface area (Å²) in [7, 11) is 0. The summed E-state index contributed by atoms with van der Waals surface area (Å²) < 4.78 is 0. The Morgan fingerprint density at radius 2 is 1.68 bits per heavy atom. The van der Waals surface area contributed by atoms with Crippen LogP contribution in [0.3, 0.4) is 0 Å². The summed E-state index contributed by atoms with van der Waals surface area (Å²) in [5, 5.41) is 21.2. The molecule has 0 radical (unpaired) electrons. The quantitative estimate of drug-likeness (QED) is 0.356. The van der Waals surface area contributed by atoms with Crippen molar-refractivity contribution in [2.45, 2.75) is 83.8 Å². The minimum atomic E-state index is -1.19. The molecular formula is C16H29NO5. The van der Waals surface area contributed by atoms with Gasteiger partial charge < -0.3 is 15.5 Å². The van der Waals surface area contributed by atoms with Gasteiger partial charge in [-0.2, -0.15) is 0 Å². The maximum Gasteiger partial charge on any atom is 0.326 e. The van der Waals surface area contributed by atoms with Crippen molar-refractivity contribution in [3.63, 3.8) is 0 Å². The van der Waals surface area contributed by atoms with Gasteiger partial charge in [-0.3, -0.25) is 9.59 Å². The zero-order valence-corrected chi connectivity index (χ0v) is 13.6. The number of ketones is 1. The van der Waals surface area contributed by atoms with E-state index >= 15 is 0 Å². The number of carbonyl (C=O) groups is 3. The van der Waals surface area contributed by atoms with E-state index in [9.17, 15) is 19.5 Å². The van der Waals surface area contributed by atoms with Crippen LogP contribution in [0.5, 0.6) is 0 Å². The Balaban J connectivity index is 4.23. The molecule has 0 saturated heterocycles. The first kappa shape index (κ1) is 20.6. The van der Waals surface area contributed by atoms with Gasteiger partial charge in [0.25, 0.3) is 0 Å². The van der Waals surface area contributed by atoms with Gasteiger partial charge in [0.2, 0.25) is 5.91 Å². The van der Waals surface area contributed by atoms with Gasteiger partial charge in [-0.05, 0) is 12.8 Å². The van der Waals surface area contributed by atoms with Crippen molar-refractivity contribution in [3.8, 4) is 0 Å². The lowest BCUT2D eigenvalue weighted by atomic mass is 10.0. The number of hydrogen-bond acceptors (Lipinski definition) is 4. The molecule has 0 aliphatic heterocycles. The first-order chi connectivity index (χ1) is 10.4. The molecule has 0 saturated carbocycles. The Morgan fingerprint density at radius 1 is 1.05 bits per heavy atom. The monoisotopic (exact) mass is 315 g/mol. The van der Waals surface area contributed by atoms with Crippen molar-refractivity contribution in [2.24, 2.45) is 0 Å². The van der Waals surface area contributed by atoms with Gasteiger partial charge in [-0.15, -0.1) is 0 Å². The third-order valence-corrected chi connectivity index (χ3v) is 3.45. The minimum Gasteiger partial charge on any atom is -0.480 e. The molecule has 6 heteroatoms. The summed E-state index contributed by atoms with van der Waals surface area (Å²) >= 11 is 0. The van der Waals surface area contributed by atoms with Crippen LogP contribution in [0.25, 0.3) is 0 Å². The number of aliphatic hydroxyl groups excluding tert-OH is 1. The fourth-order valence-corrected chi connectivity index (χ4v) is 2.14. The number of aliphatic hydroxyl groups is 1. The number of Topliss-reactive ketones (excluding diaryl/α,β-unsaturated/α-hetero) is 1. The van der Waals surface area contributed by atoms with Gasteiger partial charge in [0, 0.05) is 12.8 Å². The maximum absolute atomic E-state index is 11.7. The van der Waals surface area contributed by atoms with Crippen molar-refractivity contribution in [1.82, 2.24) is 5.32 Å². The van der Waals surface area contributed by atoms with Crippen LogP contribution in [-0.2, 0) is 14.4 Å². The van der Waals surface area contributed by atoms with Crippen LogP contribution in [-0.4, -0.2) is 40.0 Å². The van der Waals surface area contributed by atoms with E-state index in [-0.39, 0.29) is 18.6 Å². The van der Waals surface area contributed by atoms with Crippen molar-refractivity contribution < 1.29 is 24.6 Å². The molecular weight excluding hydrogens is 286 g/mol. The average molecular weight is 315 g/mol. The molecule has 0 aromatic rings. The molecule has 128 valence electrons. The van der Waals surface area contributed by atoms with Crippen LogP contribution in [0.4, 0.5) is 0 Å². The van der Waals surface area contributed by atoms with Crippen LogP contribution in [0.2, 0.25) is 0 Å². The summed E-state index contributed by atoms with van der Waals surface area (Å²) in [6.07, 6.45) is 4.16. The molecule has 0 fully saturated rings. The van der Waals surface area contributed by atoms with E-state index < -0.39 is 24.0 Å². The van der Waals surface area contributed by atoms with Crippen LogP contribution < -0.4 is 5.32 Å². The highest BCUT2D eigenvalue weighted by atomic mass is 16.4. The number of nitrogens with one attached hydrogen (secondary N) is 1. The SMILES string of the molecule is CCCCCC(=O)CC(=O)NC(C[C@H](O)CCCC)C(=O)O. The molecule has 0 heterocycles. The predicted octanol–water partition coefficient (Wildman–Crippen LogP) is 2.04. The van der Waals surface area contributed by atoms with Crippen molar-refractivity contribution in [2.75, 3.05) is 0 Å². The summed E-state index contributed by atoms with van der Waals surface area (Å²) in [6.45, 7) is 4.01. The lowest BCUT2D eigenvalue weighted by Crippen LogP contribution is -2.43. The highest BCUT2D eigenvalue weighted by Gasteiger charge is 2.23. The van der Waals surface area contributed by atoms with Crippen molar-refractivity contribution >= 4 is 17.7 Å². The molecule has 1 amide bonds. The van der Waals surface area contributed by atoms with Gasteiger partial charge in [0.15, 0.2) is 0 Å². The lowest BCUT2D eigenvalue weighted by Gasteiger charge is -2.18. The van der Waals surface area contributed by atoms with E-state index in [4.69, 9.17) is 5.11 Å². The standard InChI is InChI=1S/C16H29NO5/c1-3-5-7-9-13(19)11-15(20)17-14(16(21)22)10-12(18)8-6-4-2/h12,14,18H,3-11H2,1-2H3,(H,17,20)(H,21,22)/t12-,14?/m1/s1. The molecule has 1 unspecified atom stereocenters. The number of carboxylic acid groups (broad SMARTS) is 1. The average Bonchev–Trinajstić information content (AvgIpc) is 2.44. The zero-order valence-electron chi connectivity index (χ0n) is 13.6. The second-order valence-corrected chi connectivity index (χ2v) is 5.66. The second-order valence-electron chi connectivity index (χ2n) is 5.66. The Morgan fingerprint density at radius 3 is 2.23 bits per heavy atom. The second kappa shape index (κ2) is 12.1. The van der Waals surface area contributed by atoms with Gasteiger partial charge in [0.1, 0.15) is 11.8 Å². The highest BCUT2D eigenvalue weighted by Crippen LogP contribution is 2.08. The predicted molar refractivity (Wildman–Crippen MR) is 83.5 cm³/mol. The van der Waals surface area contributed by atoms with Crippen LogP contribution in [0, 0.1) is 0 Å². The number of hydrogen-bond donors (Lipinski definition) is 3. The van der Waals surface area contributed by atoms with Crippen LogP contribution in [0.1, 0.15) is 71.6 Å². The van der Waals surface area contributed by atoms with E-state index in [1.165, 1.54) is 0 Å². The Labute approximate surface area is 132 Å². The highest BCUT2D eigenvalue weighted by molar-refractivity contribution is 5.99. The lowest BCUT2D eigenvalue weighted by molar-refractivity contribution is -0.143. The molecule has 2 atom stereocenters. The fourth-order valence-electron chi connectivity index (χ4n) is 2.14. The number of rotatable bonds is 13. The van der Waals surface area contributed by atoms with E-state index in [0.29, 0.717) is 12.8 Å². The molecule has 0 aromatic heterocycles. The first-order valence-electron chi connectivity index (χ1n) is 8.12. The van der Waals surface area contributed by atoms with E-state index in [1.54, 1.807) is 0 Å². The third kappa shape index (κ3) is 10.3. The van der Waals surface area contributed by atoms with Gasteiger partial charge >= 0.3 is 5.97 Å². The Hall–Kier alpha value is -1.43. The largest absolute Gasteiger partial charge is 0.480 e. The zero-order chi connectivity index (χ0) is 17.0. The van der Waals surface area contributed by atoms with Crippen molar-refractivity contribution in [3.05, 3.63) is 0 Å². The minimum absolute atomic E-state index is 0.0366. The van der Waals surface area contributed by atoms with E-state index in [1.807, 2.05) is 13.8 Å². The number of aliphatic carboxylic acids is 1. The topological polar surface area (TPSA) is 104 Å². The Kier molecular flexibility index (Phi) is 11.4. The molecule has 0 aliphatic carbocycles. The van der Waals surface area contributed by atoms with Gasteiger partial charge in [0.05, 0.1) is 12.5 Å². The number of carboxylic acids is 1. The summed E-state index contributed by atoms with van der Waals surface area (Å²) in [5.74, 6) is -1.96. The van der Waals surface area contributed by atoms with Gasteiger partial charge in [-0.1, -0.05) is 39.5 Å². The number of carbonyl (C=O) groups excluding carboxylic acids is 2. The number of amides is 1. The molecule has 0 rings (SSSR count). The maximum atomic E-state index is 11.7. The summed E-state index contributed by atoms with van der Waals surface area (Å²) in [6, 6.07) is -1.15. The van der Waals surface area contributed by atoms with E-state index in [0.717, 1.165) is 32.1 Å². The molecule has 3 N–H and O–H groups in total. The Bertz CT molecular complexity index is 356. The van der Waals surface area contributed by atoms with Crippen LogP contribution >= 0.6 is 0 Å². The first-order valence-corrected chi connectivity index (χ1v) is 8.12. The molecule has 22 heavy (non-hydrogen) atoms. The molecule has 6 nitrogen and oxygen atoms in total. The molecule has 0 aliphatic rings. The number of unbranched alkanes of at least 4 members (excludes halogenated alkanes) is 3. The van der Waals surface area contributed by atoms with E-state index in [2.05, 4.69) is 5.32 Å². The normalized spacial score (nSPS) is 13.4. The summed E-state index contributed by atoms with van der Waals surface area (Å²) in [4.78, 5) is 34.4.